The minimum atomic E-state index is -0.258. The maximum absolute atomic E-state index is 12.2. The van der Waals surface area contributed by atoms with Crippen molar-refractivity contribution in [2.24, 2.45) is 0 Å². The molecule has 6 heteroatoms. The first-order chi connectivity index (χ1) is 9.97. The first-order valence-electron chi connectivity index (χ1n) is 6.42. The minimum Gasteiger partial charge on any atom is -0.350 e. The van der Waals surface area contributed by atoms with Gasteiger partial charge in [-0.05, 0) is 43.5 Å². The second-order valence-corrected chi connectivity index (χ2v) is 6.13. The van der Waals surface area contributed by atoms with E-state index < -0.39 is 0 Å². The molecular weight excluding hydrogens is 308 g/mol. The first-order valence-corrected chi connectivity index (χ1v) is 7.68. The SMILES string of the molecule is CC(C)NC(=O)c1ccc(Cl)cc1NC(=O)c1cccs1. The molecule has 2 amide bonds. The van der Waals surface area contributed by atoms with Gasteiger partial charge in [0.15, 0.2) is 0 Å². The summed E-state index contributed by atoms with van der Waals surface area (Å²) in [5.74, 6) is -0.506. The standard InChI is InChI=1S/C15H15ClN2O2S/c1-9(2)17-14(19)11-6-5-10(16)8-12(11)18-15(20)13-4-3-7-21-13/h3-9H,1-2H3,(H,17,19)(H,18,20). The van der Waals surface area contributed by atoms with Crippen LogP contribution in [0.5, 0.6) is 0 Å². The highest BCUT2D eigenvalue weighted by Gasteiger charge is 2.16. The number of carbonyl (C=O) groups is 2. The van der Waals surface area contributed by atoms with Gasteiger partial charge in [0.25, 0.3) is 11.8 Å². The Morgan fingerprint density at radius 2 is 1.95 bits per heavy atom. The fourth-order valence-corrected chi connectivity index (χ4v) is 2.54. The Balaban J connectivity index is 2.27. The maximum atomic E-state index is 12.2. The molecule has 0 fully saturated rings. The van der Waals surface area contributed by atoms with E-state index in [4.69, 9.17) is 11.6 Å². The van der Waals surface area contributed by atoms with Gasteiger partial charge < -0.3 is 10.6 Å². The molecule has 0 unspecified atom stereocenters. The molecule has 0 aliphatic heterocycles. The van der Waals surface area contributed by atoms with Crippen molar-refractivity contribution in [3.63, 3.8) is 0 Å². The monoisotopic (exact) mass is 322 g/mol. The van der Waals surface area contributed by atoms with Crippen molar-refractivity contribution < 1.29 is 9.59 Å². The van der Waals surface area contributed by atoms with Crippen molar-refractivity contribution in [2.45, 2.75) is 19.9 Å². The van der Waals surface area contributed by atoms with Crippen LogP contribution < -0.4 is 10.6 Å². The number of hydrogen-bond acceptors (Lipinski definition) is 3. The molecule has 1 aromatic carbocycles. The first kappa shape index (κ1) is 15.5. The van der Waals surface area contributed by atoms with Crippen LogP contribution in [0.3, 0.4) is 0 Å². The lowest BCUT2D eigenvalue weighted by atomic mass is 10.1. The van der Waals surface area contributed by atoms with Crippen LogP contribution >= 0.6 is 22.9 Å². The molecule has 2 N–H and O–H groups in total. The van der Waals surface area contributed by atoms with Gasteiger partial charge in [0, 0.05) is 11.1 Å². The molecule has 0 spiro atoms. The van der Waals surface area contributed by atoms with Gasteiger partial charge >= 0.3 is 0 Å². The van der Waals surface area contributed by atoms with Gasteiger partial charge in [-0.2, -0.15) is 0 Å². The zero-order chi connectivity index (χ0) is 15.4. The molecule has 21 heavy (non-hydrogen) atoms. The van der Waals surface area contributed by atoms with Crippen LogP contribution in [0.4, 0.5) is 5.69 Å². The Labute approximate surface area is 132 Å². The fourth-order valence-electron chi connectivity index (χ4n) is 1.75. The Kier molecular flexibility index (Phi) is 4.98. The average molecular weight is 323 g/mol. The number of amides is 2. The smallest absolute Gasteiger partial charge is 0.265 e. The van der Waals surface area contributed by atoms with Crippen LogP contribution in [0.15, 0.2) is 35.7 Å². The number of hydrogen-bond donors (Lipinski definition) is 2. The van der Waals surface area contributed by atoms with E-state index in [-0.39, 0.29) is 17.9 Å². The summed E-state index contributed by atoms with van der Waals surface area (Å²) in [7, 11) is 0. The summed E-state index contributed by atoms with van der Waals surface area (Å²) in [5, 5.41) is 7.81. The lowest BCUT2D eigenvalue weighted by molar-refractivity contribution is 0.0944. The number of benzene rings is 1. The highest BCUT2D eigenvalue weighted by molar-refractivity contribution is 7.12. The molecule has 0 aliphatic rings. The Hall–Kier alpha value is -1.85. The number of anilines is 1. The van der Waals surface area contributed by atoms with Crippen molar-refractivity contribution in [3.8, 4) is 0 Å². The van der Waals surface area contributed by atoms with Crippen LogP contribution in [0, 0.1) is 0 Å². The third-order valence-electron chi connectivity index (χ3n) is 2.64. The molecule has 4 nitrogen and oxygen atoms in total. The number of carbonyl (C=O) groups excluding carboxylic acids is 2. The van der Waals surface area contributed by atoms with Crippen molar-refractivity contribution in [1.29, 1.82) is 0 Å². The lowest BCUT2D eigenvalue weighted by Gasteiger charge is -2.13. The molecule has 2 aromatic rings. The highest BCUT2D eigenvalue weighted by Crippen LogP contribution is 2.22. The molecular formula is C15H15ClN2O2S. The van der Waals surface area contributed by atoms with E-state index in [1.165, 1.54) is 11.3 Å². The second kappa shape index (κ2) is 6.74. The largest absolute Gasteiger partial charge is 0.350 e. The number of rotatable bonds is 4. The normalized spacial score (nSPS) is 10.5. The highest BCUT2D eigenvalue weighted by atomic mass is 35.5. The summed E-state index contributed by atoms with van der Waals surface area (Å²) in [6.45, 7) is 3.75. The van der Waals surface area contributed by atoms with E-state index in [1.807, 2.05) is 19.2 Å². The van der Waals surface area contributed by atoms with Crippen molar-refractivity contribution in [2.75, 3.05) is 5.32 Å². The topological polar surface area (TPSA) is 58.2 Å². The van der Waals surface area contributed by atoms with Crippen molar-refractivity contribution in [1.82, 2.24) is 5.32 Å². The molecule has 110 valence electrons. The zero-order valence-electron chi connectivity index (χ0n) is 11.6. The fraction of sp³-hybridized carbons (Fsp3) is 0.200. The number of thiophene rings is 1. The summed E-state index contributed by atoms with van der Waals surface area (Å²) < 4.78 is 0. The molecule has 1 aromatic heterocycles. The van der Waals surface area contributed by atoms with Crippen LogP contribution in [0.25, 0.3) is 0 Å². The summed E-state index contributed by atoms with van der Waals surface area (Å²) in [5.41, 5.74) is 0.789. The maximum Gasteiger partial charge on any atom is 0.265 e. The van der Waals surface area contributed by atoms with E-state index in [1.54, 1.807) is 30.3 Å². The minimum absolute atomic E-state index is 0.00836. The van der Waals surface area contributed by atoms with Gasteiger partial charge in [0.2, 0.25) is 0 Å². The molecule has 1 heterocycles. The quantitative estimate of drug-likeness (QED) is 0.899. The van der Waals surface area contributed by atoms with E-state index in [2.05, 4.69) is 10.6 Å². The van der Waals surface area contributed by atoms with Gasteiger partial charge in [-0.3, -0.25) is 9.59 Å². The molecule has 2 rings (SSSR count). The molecule has 0 radical (unpaired) electrons. The molecule has 0 saturated heterocycles. The van der Waals surface area contributed by atoms with Gasteiger partial charge in [0.05, 0.1) is 16.1 Å². The van der Waals surface area contributed by atoms with Crippen LogP contribution in [-0.4, -0.2) is 17.9 Å². The van der Waals surface area contributed by atoms with Crippen LogP contribution in [0.1, 0.15) is 33.9 Å². The molecule has 0 aliphatic carbocycles. The summed E-state index contributed by atoms with van der Waals surface area (Å²) in [6.07, 6.45) is 0. The van der Waals surface area contributed by atoms with E-state index in [0.717, 1.165) is 0 Å². The third kappa shape index (κ3) is 4.06. The second-order valence-electron chi connectivity index (χ2n) is 4.75. The average Bonchev–Trinajstić information content (AvgIpc) is 2.91. The number of nitrogens with one attached hydrogen (secondary N) is 2. The third-order valence-corrected chi connectivity index (χ3v) is 3.74. The van der Waals surface area contributed by atoms with E-state index in [0.29, 0.717) is 21.2 Å². The van der Waals surface area contributed by atoms with E-state index in [9.17, 15) is 9.59 Å². The van der Waals surface area contributed by atoms with Crippen molar-refractivity contribution in [3.05, 3.63) is 51.2 Å². The number of halogens is 1. The predicted molar refractivity (Wildman–Crippen MR) is 86.3 cm³/mol. The lowest BCUT2D eigenvalue weighted by Crippen LogP contribution is -2.31. The predicted octanol–water partition coefficient (Wildman–Crippen LogP) is 3.79. The van der Waals surface area contributed by atoms with Crippen LogP contribution in [0.2, 0.25) is 5.02 Å². The van der Waals surface area contributed by atoms with Gasteiger partial charge in [-0.15, -0.1) is 11.3 Å². The Bertz CT molecular complexity index is 654. The van der Waals surface area contributed by atoms with Gasteiger partial charge in [-0.1, -0.05) is 17.7 Å². The van der Waals surface area contributed by atoms with E-state index >= 15 is 0 Å². The summed E-state index contributed by atoms with van der Waals surface area (Å²) in [6, 6.07) is 8.32. The molecule has 0 saturated carbocycles. The van der Waals surface area contributed by atoms with Crippen LogP contribution in [-0.2, 0) is 0 Å². The Morgan fingerprint density at radius 3 is 2.57 bits per heavy atom. The summed E-state index contributed by atoms with van der Waals surface area (Å²) in [4.78, 5) is 24.8. The van der Waals surface area contributed by atoms with Crippen molar-refractivity contribution >= 4 is 40.4 Å². The van der Waals surface area contributed by atoms with Gasteiger partial charge in [-0.25, -0.2) is 0 Å². The molecule has 0 bridgehead atoms. The summed E-state index contributed by atoms with van der Waals surface area (Å²) >= 11 is 7.29. The Morgan fingerprint density at radius 1 is 1.19 bits per heavy atom. The zero-order valence-corrected chi connectivity index (χ0v) is 13.2. The van der Waals surface area contributed by atoms with Gasteiger partial charge in [0.1, 0.15) is 0 Å². The molecule has 0 atom stereocenters.